The highest BCUT2D eigenvalue weighted by molar-refractivity contribution is 7.09. The smallest absolute Gasteiger partial charge is 0.382 e. The fraction of sp³-hybridized carbons (Fsp3) is 0.692. The minimum absolute atomic E-state index is 0.417. The number of halogens is 3. The lowest BCUT2D eigenvalue weighted by Gasteiger charge is -2.11. The van der Waals surface area contributed by atoms with Crippen LogP contribution in [0.5, 0.6) is 0 Å². The second-order valence-corrected chi connectivity index (χ2v) is 5.29. The molecule has 9 heteroatoms. The number of thiazole rings is 1. The van der Waals surface area contributed by atoms with E-state index in [0.717, 1.165) is 29.7 Å². The summed E-state index contributed by atoms with van der Waals surface area (Å²) in [4.78, 5) is 7.61. The van der Waals surface area contributed by atoms with E-state index < -0.39 is 11.9 Å². The van der Waals surface area contributed by atoms with Crippen LogP contribution in [0, 0.1) is 0 Å². The molecule has 0 amide bonds. The van der Waals surface area contributed by atoms with Crippen molar-refractivity contribution in [2.24, 2.45) is 4.99 Å². The van der Waals surface area contributed by atoms with Crippen LogP contribution in [0.3, 0.4) is 0 Å². The summed E-state index contributed by atoms with van der Waals surface area (Å²) in [5.74, 6) is 0.615. The Kier molecular flexibility index (Phi) is 8.18. The summed E-state index contributed by atoms with van der Waals surface area (Å²) in [6.45, 7) is 4.50. The quantitative estimate of drug-likeness (QED) is 0.434. The van der Waals surface area contributed by atoms with Crippen LogP contribution in [0.1, 0.15) is 24.0 Å². The van der Waals surface area contributed by atoms with Gasteiger partial charge in [-0.05, 0) is 13.3 Å². The van der Waals surface area contributed by atoms with Gasteiger partial charge in [-0.2, -0.15) is 13.2 Å². The summed E-state index contributed by atoms with van der Waals surface area (Å²) in [6, 6.07) is 0. The SMILES string of the molecule is CCOCCCNC(=NC)NCCc1nc(C(F)(F)F)cs1. The van der Waals surface area contributed by atoms with Crippen LogP contribution >= 0.6 is 11.3 Å². The van der Waals surface area contributed by atoms with Gasteiger partial charge in [0.15, 0.2) is 11.7 Å². The molecule has 0 bridgehead atoms. The van der Waals surface area contributed by atoms with Crippen molar-refractivity contribution in [3.8, 4) is 0 Å². The van der Waals surface area contributed by atoms with E-state index in [-0.39, 0.29) is 0 Å². The van der Waals surface area contributed by atoms with Crippen molar-refractivity contribution in [2.45, 2.75) is 25.9 Å². The summed E-state index contributed by atoms with van der Waals surface area (Å²) in [5.41, 5.74) is -0.828. The number of nitrogens with zero attached hydrogens (tertiary/aromatic N) is 2. The molecule has 0 aliphatic carbocycles. The van der Waals surface area contributed by atoms with E-state index in [4.69, 9.17) is 4.74 Å². The second kappa shape index (κ2) is 9.62. The third-order valence-corrected chi connectivity index (χ3v) is 3.57. The number of aromatic nitrogens is 1. The maximum absolute atomic E-state index is 12.4. The summed E-state index contributed by atoms with van der Waals surface area (Å²) < 4.78 is 42.5. The molecular formula is C13H21F3N4OS. The van der Waals surface area contributed by atoms with E-state index in [2.05, 4.69) is 20.6 Å². The molecule has 0 unspecified atom stereocenters. The van der Waals surface area contributed by atoms with Crippen molar-refractivity contribution in [3.05, 3.63) is 16.1 Å². The van der Waals surface area contributed by atoms with Crippen molar-refractivity contribution >= 4 is 17.3 Å². The average molecular weight is 338 g/mol. The van der Waals surface area contributed by atoms with Crippen LogP contribution in [-0.4, -0.2) is 44.3 Å². The first-order valence-electron chi connectivity index (χ1n) is 7.01. The molecule has 1 aromatic heterocycles. The van der Waals surface area contributed by atoms with E-state index in [9.17, 15) is 13.2 Å². The molecule has 1 heterocycles. The van der Waals surface area contributed by atoms with E-state index in [1.807, 2.05) is 6.92 Å². The maximum atomic E-state index is 12.4. The molecule has 5 nitrogen and oxygen atoms in total. The molecule has 2 N–H and O–H groups in total. The van der Waals surface area contributed by atoms with E-state index in [1.165, 1.54) is 0 Å². The summed E-state index contributed by atoms with van der Waals surface area (Å²) in [7, 11) is 1.64. The fourth-order valence-electron chi connectivity index (χ4n) is 1.59. The zero-order chi connectivity index (χ0) is 16.4. The number of aliphatic imine (C=N–C) groups is 1. The second-order valence-electron chi connectivity index (χ2n) is 4.35. The third-order valence-electron chi connectivity index (χ3n) is 2.66. The Bertz CT molecular complexity index is 462. The van der Waals surface area contributed by atoms with Crippen LogP contribution in [0.2, 0.25) is 0 Å². The van der Waals surface area contributed by atoms with Gasteiger partial charge in [0, 0.05) is 45.2 Å². The maximum Gasteiger partial charge on any atom is 0.434 e. The fourth-order valence-corrected chi connectivity index (χ4v) is 2.39. The lowest BCUT2D eigenvalue weighted by molar-refractivity contribution is -0.140. The standard InChI is InChI=1S/C13H21F3N4OS/c1-3-21-8-4-6-18-12(17-2)19-7-5-11-20-10(9-22-11)13(14,15)16/h9H,3-8H2,1-2H3,(H2,17,18,19). The highest BCUT2D eigenvalue weighted by atomic mass is 32.1. The van der Waals surface area contributed by atoms with Gasteiger partial charge in [0.25, 0.3) is 0 Å². The van der Waals surface area contributed by atoms with Crippen LogP contribution < -0.4 is 10.6 Å². The van der Waals surface area contributed by atoms with Crippen LogP contribution in [0.15, 0.2) is 10.4 Å². The number of nitrogens with one attached hydrogen (secondary N) is 2. The van der Waals surface area contributed by atoms with Gasteiger partial charge >= 0.3 is 6.18 Å². The highest BCUT2D eigenvalue weighted by Crippen LogP contribution is 2.29. The van der Waals surface area contributed by atoms with Gasteiger partial charge in [-0.25, -0.2) is 4.98 Å². The molecule has 0 fully saturated rings. The predicted molar refractivity (Wildman–Crippen MR) is 81.3 cm³/mol. The Morgan fingerprint density at radius 3 is 2.68 bits per heavy atom. The molecule has 1 aromatic rings. The van der Waals surface area contributed by atoms with Gasteiger partial charge in [-0.15, -0.1) is 11.3 Å². The van der Waals surface area contributed by atoms with Crippen molar-refractivity contribution in [1.82, 2.24) is 15.6 Å². The van der Waals surface area contributed by atoms with E-state index >= 15 is 0 Å². The van der Waals surface area contributed by atoms with Crippen molar-refractivity contribution in [3.63, 3.8) is 0 Å². The Balaban J connectivity index is 2.25. The van der Waals surface area contributed by atoms with Crippen molar-refractivity contribution in [1.29, 1.82) is 0 Å². The van der Waals surface area contributed by atoms with Gasteiger partial charge < -0.3 is 15.4 Å². The van der Waals surface area contributed by atoms with Gasteiger partial charge in [0.05, 0.1) is 5.01 Å². The molecule has 0 radical (unpaired) electrons. The van der Waals surface area contributed by atoms with Crippen molar-refractivity contribution < 1.29 is 17.9 Å². The number of hydrogen-bond donors (Lipinski definition) is 2. The van der Waals surface area contributed by atoms with E-state index in [0.29, 0.717) is 37.1 Å². The average Bonchev–Trinajstić information content (AvgIpc) is 2.94. The minimum Gasteiger partial charge on any atom is -0.382 e. The van der Waals surface area contributed by atoms with E-state index in [1.54, 1.807) is 7.05 Å². The molecule has 22 heavy (non-hydrogen) atoms. The number of guanidine groups is 1. The zero-order valence-corrected chi connectivity index (χ0v) is 13.5. The number of rotatable bonds is 8. The minimum atomic E-state index is -4.37. The Labute approximate surface area is 132 Å². The van der Waals surface area contributed by atoms with Crippen LogP contribution in [0.4, 0.5) is 13.2 Å². The highest BCUT2D eigenvalue weighted by Gasteiger charge is 2.33. The number of ether oxygens (including phenoxy) is 1. The molecule has 0 saturated carbocycles. The molecule has 0 aliphatic heterocycles. The normalized spacial score (nSPS) is 12.5. The summed E-state index contributed by atoms with van der Waals surface area (Å²) in [5, 5.41) is 7.63. The summed E-state index contributed by atoms with van der Waals surface area (Å²) >= 11 is 1.01. The molecule has 126 valence electrons. The van der Waals surface area contributed by atoms with Crippen LogP contribution in [-0.2, 0) is 17.3 Å². The molecule has 1 rings (SSSR count). The van der Waals surface area contributed by atoms with Crippen molar-refractivity contribution in [2.75, 3.05) is 33.4 Å². The van der Waals surface area contributed by atoms with Gasteiger partial charge in [-0.1, -0.05) is 0 Å². The topological polar surface area (TPSA) is 58.5 Å². The first kappa shape index (κ1) is 18.7. The summed E-state index contributed by atoms with van der Waals surface area (Å²) in [6.07, 6.45) is -3.10. The molecule has 0 aliphatic rings. The zero-order valence-electron chi connectivity index (χ0n) is 12.7. The third kappa shape index (κ3) is 7.08. The van der Waals surface area contributed by atoms with Gasteiger partial charge in [0.1, 0.15) is 0 Å². The predicted octanol–water partition coefficient (Wildman–Crippen LogP) is 2.30. The first-order chi connectivity index (χ1) is 10.5. The number of hydrogen-bond acceptors (Lipinski definition) is 4. The molecule has 0 saturated heterocycles. The van der Waals surface area contributed by atoms with Gasteiger partial charge in [0.2, 0.25) is 0 Å². The lowest BCUT2D eigenvalue weighted by Crippen LogP contribution is -2.39. The Morgan fingerprint density at radius 2 is 2.09 bits per heavy atom. The molecule has 0 aromatic carbocycles. The lowest BCUT2D eigenvalue weighted by atomic mass is 10.4. The van der Waals surface area contributed by atoms with Gasteiger partial charge in [-0.3, -0.25) is 4.99 Å². The number of alkyl halides is 3. The molecule has 0 atom stereocenters. The van der Waals surface area contributed by atoms with Crippen LogP contribution in [0.25, 0.3) is 0 Å². The molecular weight excluding hydrogens is 317 g/mol. The Hall–Kier alpha value is -1.35. The first-order valence-corrected chi connectivity index (χ1v) is 7.89. The Morgan fingerprint density at radius 1 is 1.36 bits per heavy atom. The largest absolute Gasteiger partial charge is 0.434 e. The monoisotopic (exact) mass is 338 g/mol. The molecule has 0 spiro atoms.